The van der Waals surface area contributed by atoms with Gasteiger partial charge in [0, 0.05) is 30.5 Å². The zero-order valence-corrected chi connectivity index (χ0v) is 10.6. The predicted octanol–water partition coefficient (Wildman–Crippen LogP) is 1.09. The van der Waals surface area contributed by atoms with E-state index in [1.165, 1.54) is 12.8 Å². The molecule has 0 bridgehead atoms. The molecular formula is C13H16N4O2. The first kappa shape index (κ1) is 12.3. The average molecular weight is 260 g/mol. The van der Waals surface area contributed by atoms with Crippen molar-refractivity contribution < 1.29 is 9.63 Å². The highest BCUT2D eigenvalue weighted by molar-refractivity contribution is 5.51. The molecule has 2 aromatic heterocycles. The van der Waals surface area contributed by atoms with Crippen LogP contribution >= 0.6 is 0 Å². The van der Waals surface area contributed by atoms with Crippen LogP contribution in [0.4, 0.5) is 0 Å². The van der Waals surface area contributed by atoms with Crippen LogP contribution in [0.2, 0.25) is 0 Å². The highest BCUT2D eigenvalue weighted by Gasteiger charge is 2.29. The first-order chi connectivity index (χ1) is 9.36. The predicted molar refractivity (Wildman–Crippen MR) is 68.0 cm³/mol. The summed E-state index contributed by atoms with van der Waals surface area (Å²) in [6.45, 7) is 1.40. The van der Waals surface area contributed by atoms with Crippen LogP contribution in [0.1, 0.15) is 18.7 Å². The second-order valence-corrected chi connectivity index (χ2v) is 4.68. The molecule has 2 heterocycles. The van der Waals surface area contributed by atoms with Gasteiger partial charge in [0.25, 0.3) is 0 Å². The van der Waals surface area contributed by atoms with Crippen LogP contribution in [0.15, 0.2) is 29.0 Å². The van der Waals surface area contributed by atoms with Crippen LogP contribution in [0, 0.1) is 0 Å². The fourth-order valence-corrected chi connectivity index (χ4v) is 2.06. The number of aliphatic hydroxyl groups excluding tert-OH is 1. The summed E-state index contributed by atoms with van der Waals surface area (Å²) in [6, 6.07) is 4.29. The number of aromatic nitrogens is 3. The average Bonchev–Trinajstić information content (AvgIpc) is 3.19. The molecule has 0 aliphatic heterocycles. The summed E-state index contributed by atoms with van der Waals surface area (Å²) in [7, 11) is 0. The molecule has 1 aliphatic carbocycles. The van der Waals surface area contributed by atoms with Gasteiger partial charge in [-0.15, -0.1) is 0 Å². The van der Waals surface area contributed by atoms with Crippen molar-refractivity contribution in [2.45, 2.75) is 25.4 Å². The van der Waals surface area contributed by atoms with Gasteiger partial charge in [-0.05, 0) is 25.0 Å². The summed E-state index contributed by atoms with van der Waals surface area (Å²) < 4.78 is 5.26. The fourth-order valence-electron chi connectivity index (χ4n) is 2.06. The van der Waals surface area contributed by atoms with Gasteiger partial charge in [0.05, 0.1) is 13.2 Å². The van der Waals surface area contributed by atoms with Crippen molar-refractivity contribution in [2.24, 2.45) is 0 Å². The summed E-state index contributed by atoms with van der Waals surface area (Å²) in [4.78, 5) is 10.6. The molecule has 0 amide bonds. The highest BCUT2D eigenvalue weighted by atomic mass is 16.5. The number of hydrogen-bond acceptors (Lipinski definition) is 6. The summed E-state index contributed by atoms with van der Waals surface area (Å²) in [5, 5.41) is 13.0. The van der Waals surface area contributed by atoms with Gasteiger partial charge in [0.1, 0.15) is 0 Å². The Hall–Kier alpha value is -1.79. The van der Waals surface area contributed by atoms with E-state index < -0.39 is 0 Å². The van der Waals surface area contributed by atoms with Gasteiger partial charge in [0.15, 0.2) is 0 Å². The minimum atomic E-state index is 0.153. The van der Waals surface area contributed by atoms with E-state index in [4.69, 9.17) is 9.63 Å². The van der Waals surface area contributed by atoms with Crippen LogP contribution in [0.5, 0.6) is 0 Å². The third-order valence-corrected chi connectivity index (χ3v) is 3.18. The Kier molecular flexibility index (Phi) is 3.52. The summed E-state index contributed by atoms with van der Waals surface area (Å²) in [6.07, 6.45) is 5.79. The first-order valence-corrected chi connectivity index (χ1v) is 6.44. The molecule has 2 aromatic rings. The Balaban J connectivity index is 1.70. The maximum atomic E-state index is 9.06. The molecule has 3 rings (SSSR count). The van der Waals surface area contributed by atoms with Gasteiger partial charge in [-0.2, -0.15) is 4.98 Å². The molecule has 0 spiro atoms. The molecule has 1 saturated carbocycles. The van der Waals surface area contributed by atoms with E-state index in [9.17, 15) is 0 Å². The third-order valence-electron chi connectivity index (χ3n) is 3.18. The first-order valence-electron chi connectivity index (χ1n) is 6.44. The zero-order valence-electron chi connectivity index (χ0n) is 10.6. The van der Waals surface area contributed by atoms with Crippen LogP contribution < -0.4 is 0 Å². The van der Waals surface area contributed by atoms with Crippen molar-refractivity contribution in [1.29, 1.82) is 0 Å². The third kappa shape index (κ3) is 2.97. The SMILES string of the molecule is OCCN(Cc1nc(-c2cccnc2)no1)C1CC1. The van der Waals surface area contributed by atoms with Gasteiger partial charge in [0.2, 0.25) is 11.7 Å². The highest BCUT2D eigenvalue weighted by Crippen LogP contribution is 2.28. The normalized spacial score (nSPS) is 15.1. The van der Waals surface area contributed by atoms with E-state index in [1.807, 2.05) is 12.1 Å². The van der Waals surface area contributed by atoms with E-state index in [0.717, 1.165) is 5.56 Å². The number of nitrogens with zero attached hydrogens (tertiary/aromatic N) is 4. The van der Waals surface area contributed by atoms with Gasteiger partial charge in [-0.25, -0.2) is 0 Å². The molecule has 0 unspecified atom stereocenters. The Bertz CT molecular complexity index is 524. The minimum Gasteiger partial charge on any atom is -0.395 e. The van der Waals surface area contributed by atoms with Gasteiger partial charge < -0.3 is 9.63 Å². The molecule has 0 radical (unpaired) electrons. The Morgan fingerprint density at radius 2 is 2.32 bits per heavy atom. The van der Waals surface area contributed by atoms with Crippen molar-refractivity contribution in [3.63, 3.8) is 0 Å². The Labute approximate surface area is 111 Å². The molecular weight excluding hydrogens is 244 g/mol. The van der Waals surface area contributed by atoms with Crippen molar-refractivity contribution >= 4 is 0 Å². The second kappa shape index (κ2) is 5.46. The van der Waals surface area contributed by atoms with Crippen molar-refractivity contribution in [2.75, 3.05) is 13.2 Å². The van der Waals surface area contributed by atoms with Crippen LogP contribution in [0.3, 0.4) is 0 Å². The quantitative estimate of drug-likeness (QED) is 0.838. The topological polar surface area (TPSA) is 75.3 Å². The number of pyridine rings is 1. The standard InChI is InChI=1S/C13H16N4O2/c18-7-6-17(11-3-4-11)9-12-15-13(16-19-12)10-2-1-5-14-8-10/h1-2,5,8,11,18H,3-4,6-7,9H2. The monoisotopic (exact) mass is 260 g/mol. The van der Waals surface area contributed by atoms with Crippen LogP contribution in [-0.4, -0.2) is 44.3 Å². The maximum Gasteiger partial charge on any atom is 0.241 e. The lowest BCUT2D eigenvalue weighted by Gasteiger charge is -2.17. The van der Waals surface area contributed by atoms with E-state index in [1.54, 1.807) is 12.4 Å². The van der Waals surface area contributed by atoms with E-state index in [-0.39, 0.29) is 6.61 Å². The molecule has 19 heavy (non-hydrogen) atoms. The lowest BCUT2D eigenvalue weighted by molar-refractivity contribution is 0.167. The fraction of sp³-hybridized carbons (Fsp3) is 0.462. The number of hydrogen-bond donors (Lipinski definition) is 1. The molecule has 0 aromatic carbocycles. The second-order valence-electron chi connectivity index (χ2n) is 4.68. The van der Waals surface area contributed by atoms with Crippen molar-refractivity contribution in [3.8, 4) is 11.4 Å². The molecule has 100 valence electrons. The van der Waals surface area contributed by atoms with E-state index in [2.05, 4.69) is 20.0 Å². The van der Waals surface area contributed by atoms with E-state index >= 15 is 0 Å². The smallest absolute Gasteiger partial charge is 0.241 e. The molecule has 0 atom stereocenters. The molecule has 1 fully saturated rings. The molecule has 1 N–H and O–H groups in total. The minimum absolute atomic E-state index is 0.153. The molecule has 1 aliphatic rings. The van der Waals surface area contributed by atoms with Crippen LogP contribution in [0.25, 0.3) is 11.4 Å². The molecule has 6 heteroatoms. The lowest BCUT2D eigenvalue weighted by Crippen LogP contribution is -2.28. The summed E-state index contributed by atoms with van der Waals surface area (Å²) in [5.41, 5.74) is 0.845. The van der Waals surface area contributed by atoms with Crippen molar-refractivity contribution in [1.82, 2.24) is 20.0 Å². The lowest BCUT2D eigenvalue weighted by atomic mass is 10.3. The van der Waals surface area contributed by atoms with Gasteiger partial charge in [-0.1, -0.05) is 5.16 Å². The van der Waals surface area contributed by atoms with Crippen LogP contribution in [-0.2, 0) is 6.54 Å². The molecule has 0 saturated heterocycles. The van der Waals surface area contributed by atoms with Crippen molar-refractivity contribution in [3.05, 3.63) is 30.4 Å². The summed E-state index contributed by atoms with van der Waals surface area (Å²) in [5.74, 6) is 1.14. The number of rotatable bonds is 6. The maximum absolute atomic E-state index is 9.06. The Morgan fingerprint density at radius 3 is 3.00 bits per heavy atom. The van der Waals surface area contributed by atoms with E-state index in [0.29, 0.717) is 30.8 Å². The summed E-state index contributed by atoms with van der Waals surface area (Å²) >= 11 is 0. The molecule has 6 nitrogen and oxygen atoms in total. The zero-order chi connectivity index (χ0) is 13.1. The largest absolute Gasteiger partial charge is 0.395 e. The van der Waals surface area contributed by atoms with Gasteiger partial charge in [-0.3, -0.25) is 9.88 Å². The van der Waals surface area contributed by atoms with Gasteiger partial charge >= 0.3 is 0 Å². The number of aliphatic hydroxyl groups is 1. The Morgan fingerprint density at radius 1 is 1.42 bits per heavy atom.